The molecular weight excluding hydrogens is 356 g/mol. The molecule has 0 fully saturated rings. The maximum Gasteiger partial charge on any atom is 0.433 e. The number of carbonyl (C=O) groups is 1. The van der Waals surface area contributed by atoms with Crippen molar-refractivity contribution in [2.45, 2.75) is 0 Å². The van der Waals surface area contributed by atoms with Crippen molar-refractivity contribution >= 4 is 39.6 Å². The highest BCUT2D eigenvalue weighted by Gasteiger charge is 2.10. The summed E-state index contributed by atoms with van der Waals surface area (Å²) in [6.07, 6.45) is 1.18. The summed E-state index contributed by atoms with van der Waals surface area (Å²) in [5.41, 5.74) is 3.07. The van der Waals surface area contributed by atoms with Crippen LogP contribution in [-0.2, 0) is 4.79 Å². The standard InChI is InChI=1S/C13H11BrN4O4/c14-9-2-1-3-10(6-9)15-8-12(19)17-16-7-11-4-5-13(22-11)18(20)21/h1-7,15H,8H2,(H,17,19)/b16-7+. The molecule has 0 saturated carbocycles. The molecule has 1 aromatic carbocycles. The molecule has 0 atom stereocenters. The molecule has 0 radical (unpaired) electrons. The van der Waals surface area contributed by atoms with Crippen LogP contribution in [0.15, 0.2) is 50.4 Å². The van der Waals surface area contributed by atoms with E-state index in [0.717, 1.165) is 10.2 Å². The number of nitrogens with zero attached hydrogens (tertiary/aromatic N) is 2. The minimum absolute atomic E-state index is 0.0338. The van der Waals surface area contributed by atoms with Gasteiger partial charge >= 0.3 is 5.88 Å². The molecule has 0 aliphatic carbocycles. The smallest absolute Gasteiger partial charge is 0.400 e. The average molecular weight is 367 g/mol. The fourth-order valence-corrected chi connectivity index (χ4v) is 1.90. The molecule has 22 heavy (non-hydrogen) atoms. The van der Waals surface area contributed by atoms with Gasteiger partial charge in [0, 0.05) is 10.2 Å². The molecule has 0 aliphatic heterocycles. The fraction of sp³-hybridized carbons (Fsp3) is 0.0769. The van der Waals surface area contributed by atoms with E-state index in [1.54, 1.807) is 0 Å². The van der Waals surface area contributed by atoms with Crippen molar-refractivity contribution in [3.05, 3.63) is 56.7 Å². The first-order valence-corrected chi connectivity index (χ1v) is 6.89. The molecule has 0 aliphatic rings. The lowest BCUT2D eigenvalue weighted by Crippen LogP contribution is -2.25. The van der Waals surface area contributed by atoms with Crippen LogP contribution < -0.4 is 10.7 Å². The maximum atomic E-state index is 11.6. The SMILES string of the molecule is O=C(CNc1cccc(Br)c1)N/N=C/c1ccc([N+](=O)[O-])o1. The molecule has 0 saturated heterocycles. The van der Waals surface area contributed by atoms with Gasteiger partial charge in [0.15, 0.2) is 5.76 Å². The Morgan fingerprint density at radius 1 is 1.41 bits per heavy atom. The third-order valence-corrected chi connectivity index (χ3v) is 2.94. The van der Waals surface area contributed by atoms with Crippen LogP contribution in [0.1, 0.15) is 5.76 Å². The second kappa shape index (κ2) is 7.36. The molecule has 8 nitrogen and oxygen atoms in total. The summed E-state index contributed by atoms with van der Waals surface area (Å²) in [5.74, 6) is -0.576. The number of hydrogen-bond donors (Lipinski definition) is 2. The maximum absolute atomic E-state index is 11.6. The van der Waals surface area contributed by atoms with Crippen LogP contribution >= 0.6 is 15.9 Å². The van der Waals surface area contributed by atoms with Crippen LogP contribution in [0.5, 0.6) is 0 Å². The van der Waals surface area contributed by atoms with Gasteiger partial charge in [0.25, 0.3) is 5.91 Å². The number of rotatable bonds is 6. The highest BCUT2D eigenvalue weighted by atomic mass is 79.9. The van der Waals surface area contributed by atoms with Crippen molar-refractivity contribution in [3.63, 3.8) is 0 Å². The van der Waals surface area contributed by atoms with E-state index in [9.17, 15) is 14.9 Å². The lowest BCUT2D eigenvalue weighted by Gasteiger charge is -2.05. The second-order valence-corrected chi connectivity index (χ2v) is 5.01. The Morgan fingerprint density at radius 3 is 2.91 bits per heavy atom. The topological polar surface area (TPSA) is 110 Å². The van der Waals surface area contributed by atoms with E-state index in [1.165, 1.54) is 18.3 Å². The quantitative estimate of drug-likeness (QED) is 0.463. The first-order chi connectivity index (χ1) is 10.5. The first kappa shape index (κ1) is 15.7. The lowest BCUT2D eigenvalue weighted by atomic mass is 10.3. The zero-order chi connectivity index (χ0) is 15.9. The van der Waals surface area contributed by atoms with Gasteiger partial charge in [-0.05, 0) is 24.3 Å². The molecule has 1 amide bonds. The van der Waals surface area contributed by atoms with E-state index < -0.39 is 4.92 Å². The summed E-state index contributed by atoms with van der Waals surface area (Å²) in [6, 6.07) is 9.96. The van der Waals surface area contributed by atoms with Crippen LogP contribution in [0, 0.1) is 10.1 Å². The molecule has 1 aromatic heterocycles. The summed E-state index contributed by atoms with van der Waals surface area (Å²) in [6.45, 7) is 0.0338. The summed E-state index contributed by atoms with van der Waals surface area (Å²) in [7, 11) is 0. The largest absolute Gasteiger partial charge is 0.433 e. The highest BCUT2D eigenvalue weighted by Crippen LogP contribution is 2.15. The Balaban J connectivity index is 1.79. The molecule has 2 N–H and O–H groups in total. The Labute approximate surface area is 133 Å². The zero-order valence-electron chi connectivity index (χ0n) is 11.2. The van der Waals surface area contributed by atoms with Crippen molar-refractivity contribution in [3.8, 4) is 0 Å². The number of nitro groups is 1. The molecule has 0 spiro atoms. The highest BCUT2D eigenvalue weighted by molar-refractivity contribution is 9.10. The molecule has 2 aromatic rings. The van der Waals surface area contributed by atoms with Gasteiger partial charge in [0.2, 0.25) is 0 Å². The van der Waals surface area contributed by atoms with Gasteiger partial charge in [-0.15, -0.1) is 0 Å². The monoisotopic (exact) mass is 366 g/mol. The van der Waals surface area contributed by atoms with E-state index in [1.807, 2.05) is 24.3 Å². The minimum atomic E-state index is -0.655. The molecule has 114 valence electrons. The molecule has 9 heteroatoms. The third-order valence-electron chi connectivity index (χ3n) is 2.45. The number of anilines is 1. The zero-order valence-corrected chi connectivity index (χ0v) is 12.7. The Bertz CT molecular complexity index is 714. The van der Waals surface area contributed by atoms with Gasteiger partial charge in [-0.1, -0.05) is 22.0 Å². The average Bonchev–Trinajstić information content (AvgIpc) is 2.94. The Kier molecular flexibility index (Phi) is 5.26. The number of halogens is 1. The summed E-state index contributed by atoms with van der Waals surface area (Å²) < 4.78 is 5.75. The van der Waals surface area contributed by atoms with Crippen molar-refractivity contribution in [2.24, 2.45) is 5.10 Å². The normalized spacial score (nSPS) is 10.6. The molecule has 0 bridgehead atoms. The number of amides is 1. The predicted molar refractivity (Wildman–Crippen MR) is 83.7 cm³/mol. The number of benzene rings is 1. The van der Waals surface area contributed by atoms with Crippen LogP contribution in [0.2, 0.25) is 0 Å². The Morgan fingerprint density at radius 2 is 2.23 bits per heavy atom. The van der Waals surface area contributed by atoms with Gasteiger partial charge in [-0.25, -0.2) is 5.43 Å². The van der Waals surface area contributed by atoms with E-state index in [4.69, 9.17) is 4.42 Å². The van der Waals surface area contributed by atoms with Gasteiger partial charge in [0.05, 0.1) is 18.8 Å². The number of hydrogen-bond acceptors (Lipinski definition) is 6. The number of hydrazone groups is 1. The number of carbonyl (C=O) groups excluding carboxylic acids is 1. The van der Waals surface area contributed by atoms with Crippen molar-refractivity contribution < 1.29 is 14.1 Å². The van der Waals surface area contributed by atoms with Crippen LogP contribution in [0.25, 0.3) is 0 Å². The second-order valence-electron chi connectivity index (χ2n) is 4.09. The van der Waals surface area contributed by atoms with Crippen molar-refractivity contribution in [1.29, 1.82) is 0 Å². The Hall–Kier alpha value is -2.68. The summed E-state index contributed by atoms with van der Waals surface area (Å²) in [5, 5.41) is 17.0. The van der Waals surface area contributed by atoms with Gasteiger partial charge in [-0.3, -0.25) is 14.9 Å². The van der Waals surface area contributed by atoms with Gasteiger partial charge in [0.1, 0.15) is 4.92 Å². The number of furan rings is 1. The lowest BCUT2D eigenvalue weighted by molar-refractivity contribution is -0.402. The first-order valence-electron chi connectivity index (χ1n) is 6.10. The van der Waals surface area contributed by atoms with E-state index in [2.05, 4.69) is 31.8 Å². The van der Waals surface area contributed by atoms with Crippen LogP contribution in [0.4, 0.5) is 11.6 Å². The fourth-order valence-electron chi connectivity index (χ4n) is 1.50. The molecule has 2 rings (SSSR count). The van der Waals surface area contributed by atoms with Crippen molar-refractivity contribution in [2.75, 3.05) is 11.9 Å². The molecule has 1 heterocycles. The van der Waals surface area contributed by atoms with Gasteiger partial charge < -0.3 is 9.73 Å². The van der Waals surface area contributed by atoms with Crippen LogP contribution in [-0.4, -0.2) is 23.6 Å². The van der Waals surface area contributed by atoms with E-state index in [0.29, 0.717) is 0 Å². The molecule has 0 unspecified atom stereocenters. The van der Waals surface area contributed by atoms with E-state index in [-0.39, 0.29) is 24.1 Å². The van der Waals surface area contributed by atoms with Crippen LogP contribution in [0.3, 0.4) is 0 Å². The van der Waals surface area contributed by atoms with E-state index >= 15 is 0 Å². The minimum Gasteiger partial charge on any atom is -0.400 e. The summed E-state index contributed by atoms with van der Waals surface area (Å²) >= 11 is 3.33. The number of nitrogens with one attached hydrogen (secondary N) is 2. The van der Waals surface area contributed by atoms with Gasteiger partial charge in [-0.2, -0.15) is 5.10 Å². The predicted octanol–water partition coefficient (Wildman–Crippen LogP) is 2.51. The third kappa shape index (κ3) is 4.70. The molecular formula is C13H11BrN4O4. The van der Waals surface area contributed by atoms with Crippen molar-refractivity contribution in [1.82, 2.24) is 5.43 Å². The summed E-state index contributed by atoms with van der Waals surface area (Å²) in [4.78, 5) is 21.3.